The van der Waals surface area contributed by atoms with Crippen molar-refractivity contribution >= 4 is 0 Å². The van der Waals surface area contributed by atoms with E-state index in [0.717, 1.165) is 49.2 Å². The molecule has 2 nitrogen and oxygen atoms in total. The van der Waals surface area contributed by atoms with Crippen LogP contribution in [0.2, 0.25) is 0 Å². The number of hydrogen-bond acceptors (Lipinski definition) is 2. The minimum absolute atomic E-state index is 0.443. The molecule has 0 aromatic rings. The summed E-state index contributed by atoms with van der Waals surface area (Å²) < 4.78 is 6.19. The SMILES string of the molecule is CC(C)CCCCC1CCC2C3CC=C4CC(OCCCN)CCC4(C)C3CCC12C. The number of hydrogen-bond donors (Lipinski definition) is 1. The number of ether oxygens (including phenoxy) is 1. The topological polar surface area (TPSA) is 35.2 Å². The lowest BCUT2D eigenvalue weighted by Gasteiger charge is -2.58. The molecule has 31 heavy (non-hydrogen) atoms. The van der Waals surface area contributed by atoms with Gasteiger partial charge in [-0.15, -0.1) is 0 Å². The summed E-state index contributed by atoms with van der Waals surface area (Å²) in [6, 6.07) is 0. The molecule has 7 atom stereocenters. The first-order valence-corrected chi connectivity index (χ1v) is 13.9. The second-order valence-corrected chi connectivity index (χ2v) is 12.6. The monoisotopic (exact) mass is 429 g/mol. The molecule has 4 aliphatic carbocycles. The van der Waals surface area contributed by atoms with Gasteiger partial charge in [-0.1, -0.05) is 58.6 Å². The van der Waals surface area contributed by atoms with Crippen molar-refractivity contribution in [3.05, 3.63) is 11.6 Å². The molecule has 0 amide bonds. The van der Waals surface area contributed by atoms with Crippen molar-refractivity contribution in [3.63, 3.8) is 0 Å². The van der Waals surface area contributed by atoms with Crippen molar-refractivity contribution in [2.75, 3.05) is 13.2 Å². The fraction of sp³-hybridized carbons (Fsp3) is 0.931. The fourth-order valence-corrected chi connectivity index (χ4v) is 8.63. The average molecular weight is 430 g/mol. The van der Waals surface area contributed by atoms with Crippen molar-refractivity contribution < 1.29 is 4.74 Å². The lowest BCUT2D eigenvalue weighted by molar-refractivity contribution is -0.0587. The maximum Gasteiger partial charge on any atom is 0.0612 e. The Labute approximate surface area is 193 Å². The van der Waals surface area contributed by atoms with Crippen LogP contribution in [-0.2, 0) is 4.74 Å². The number of unbranched alkanes of at least 4 members (excludes halogenated alkanes) is 1. The van der Waals surface area contributed by atoms with Crippen LogP contribution in [0.15, 0.2) is 11.6 Å². The van der Waals surface area contributed by atoms with E-state index in [1.54, 1.807) is 5.57 Å². The van der Waals surface area contributed by atoms with Crippen LogP contribution in [0, 0.1) is 40.4 Å². The summed E-state index contributed by atoms with van der Waals surface area (Å²) in [6.07, 6.45) is 21.1. The number of rotatable bonds is 9. The Morgan fingerprint density at radius 2 is 1.87 bits per heavy atom. The van der Waals surface area contributed by atoms with Crippen molar-refractivity contribution in [1.29, 1.82) is 0 Å². The molecule has 0 saturated heterocycles. The minimum atomic E-state index is 0.443. The quantitative estimate of drug-likeness (QED) is 0.304. The van der Waals surface area contributed by atoms with Crippen molar-refractivity contribution in [2.45, 2.75) is 117 Å². The first kappa shape index (κ1) is 23.8. The summed E-state index contributed by atoms with van der Waals surface area (Å²) >= 11 is 0. The van der Waals surface area contributed by atoms with Gasteiger partial charge in [0, 0.05) is 6.61 Å². The molecule has 7 unspecified atom stereocenters. The molecule has 178 valence electrons. The first-order valence-electron chi connectivity index (χ1n) is 13.9. The van der Waals surface area contributed by atoms with Crippen LogP contribution in [-0.4, -0.2) is 19.3 Å². The number of allylic oxidation sites excluding steroid dienone is 1. The normalized spacial score (nSPS) is 42.1. The average Bonchev–Trinajstić information content (AvgIpc) is 3.08. The lowest BCUT2D eigenvalue weighted by atomic mass is 9.47. The molecule has 0 spiro atoms. The smallest absolute Gasteiger partial charge is 0.0612 e. The van der Waals surface area contributed by atoms with Gasteiger partial charge in [0.15, 0.2) is 0 Å². The van der Waals surface area contributed by atoms with Crippen LogP contribution >= 0.6 is 0 Å². The van der Waals surface area contributed by atoms with Gasteiger partial charge in [0.25, 0.3) is 0 Å². The third-order valence-corrected chi connectivity index (χ3v) is 10.5. The summed E-state index contributed by atoms with van der Waals surface area (Å²) in [4.78, 5) is 0. The molecule has 0 bridgehead atoms. The molecule has 4 rings (SSSR count). The third kappa shape index (κ3) is 4.68. The molecule has 3 fully saturated rings. The van der Waals surface area contributed by atoms with Crippen LogP contribution in [0.3, 0.4) is 0 Å². The molecule has 2 heteroatoms. The Hall–Kier alpha value is -0.340. The van der Waals surface area contributed by atoms with Gasteiger partial charge in [-0.2, -0.15) is 0 Å². The summed E-state index contributed by atoms with van der Waals surface area (Å²) in [5.74, 6) is 4.72. The van der Waals surface area contributed by atoms with Crippen molar-refractivity contribution in [1.82, 2.24) is 0 Å². The van der Waals surface area contributed by atoms with E-state index in [-0.39, 0.29) is 0 Å². The predicted octanol–water partition coefficient (Wildman–Crippen LogP) is 7.52. The van der Waals surface area contributed by atoms with Crippen LogP contribution in [0.4, 0.5) is 0 Å². The number of fused-ring (bicyclic) bond motifs is 5. The van der Waals surface area contributed by atoms with E-state index in [9.17, 15) is 0 Å². The van der Waals surface area contributed by atoms with Gasteiger partial charge in [0.05, 0.1) is 6.10 Å². The van der Waals surface area contributed by atoms with Crippen LogP contribution in [0.5, 0.6) is 0 Å². The predicted molar refractivity (Wildman–Crippen MR) is 132 cm³/mol. The molecule has 0 aromatic carbocycles. The summed E-state index contributed by atoms with van der Waals surface area (Å²) in [7, 11) is 0. The number of nitrogens with two attached hydrogens (primary N) is 1. The highest BCUT2D eigenvalue weighted by atomic mass is 16.5. The Balaban J connectivity index is 1.40. The largest absolute Gasteiger partial charge is 0.378 e. The van der Waals surface area contributed by atoms with Gasteiger partial charge < -0.3 is 10.5 Å². The van der Waals surface area contributed by atoms with E-state index < -0.39 is 0 Å². The van der Waals surface area contributed by atoms with Crippen LogP contribution < -0.4 is 5.73 Å². The molecular formula is C29H51NO. The highest BCUT2D eigenvalue weighted by Gasteiger charge is 2.58. The highest BCUT2D eigenvalue weighted by Crippen LogP contribution is 2.66. The van der Waals surface area contributed by atoms with Crippen LogP contribution in [0.1, 0.15) is 111 Å². The second kappa shape index (κ2) is 9.88. The molecule has 0 aromatic heterocycles. The van der Waals surface area contributed by atoms with E-state index in [4.69, 9.17) is 10.5 Å². The highest BCUT2D eigenvalue weighted by molar-refractivity contribution is 5.25. The van der Waals surface area contributed by atoms with Gasteiger partial charge in [0.1, 0.15) is 0 Å². The zero-order valence-corrected chi connectivity index (χ0v) is 21.1. The van der Waals surface area contributed by atoms with Crippen molar-refractivity contribution in [2.24, 2.45) is 46.2 Å². The minimum Gasteiger partial charge on any atom is -0.378 e. The Bertz CT molecular complexity index is 626. The van der Waals surface area contributed by atoms with Crippen molar-refractivity contribution in [3.8, 4) is 0 Å². The molecule has 0 radical (unpaired) electrons. The molecule has 4 aliphatic rings. The maximum absolute atomic E-state index is 6.19. The maximum atomic E-state index is 6.19. The summed E-state index contributed by atoms with van der Waals surface area (Å²) in [5.41, 5.74) is 8.50. The molecule has 3 saturated carbocycles. The Morgan fingerprint density at radius 1 is 1.03 bits per heavy atom. The van der Waals surface area contributed by atoms with E-state index in [1.165, 1.54) is 77.0 Å². The zero-order valence-electron chi connectivity index (χ0n) is 21.1. The van der Waals surface area contributed by atoms with Gasteiger partial charge in [-0.25, -0.2) is 0 Å². The standard InChI is InChI=1S/C29H51NO/c1-21(2)8-5-6-9-22-11-13-26-25-12-10-23-20-24(31-19-7-18-30)14-16-29(23,4)27(25)15-17-28(22,26)3/h10,21-22,24-27H,5-9,11-20,30H2,1-4H3. The summed E-state index contributed by atoms with van der Waals surface area (Å²) in [6.45, 7) is 11.7. The van der Waals surface area contributed by atoms with E-state index in [0.29, 0.717) is 16.9 Å². The van der Waals surface area contributed by atoms with E-state index in [1.807, 2.05) is 0 Å². The lowest BCUT2D eigenvalue weighted by Crippen LogP contribution is -2.50. The molecule has 0 heterocycles. The Morgan fingerprint density at radius 3 is 2.65 bits per heavy atom. The molecular weight excluding hydrogens is 378 g/mol. The van der Waals surface area contributed by atoms with Gasteiger partial charge >= 0.3 is 0 Å². The Kier molecular flexibility index (Phi) is 7.59. The van der Waals surface area contributed by atoms with Gasteiger partial charge in [-0.05, 0) is 111 Å². The zero-order chi connectivity index (χ0) is 22.1. The van der Waals surface area contributed by atoms with Gasteiger partial charge in [-0.3, -0.25) is 0 Å². The third-order valence-electron chi connectivity index (χ3n) is 10.5. The van der Waals surface area contributed by atoms with Gasteiger partial charge in [0.2, 0.25) is 0 Å². The van der Waals surface area contributed by atoms with Crippen LogP contribution in [0.25, 0.3) is 0 Å². The second-order valence-electron chi connectivity index (χ2n) is 12.6. The first-order chi connectivity index (χ1) is 14.9. The summed E-state index contributed by atoms with van der Waals surface area (Å²) in [5, 5.41) is 0. The molecule has 0 aliphatic heterocycles. The fourth-order valence-electron chi connectivity index (χ4n) is 8.63. The van der Waals surface area contributed by atoms with E-state index in [2.05, 4.69) is 33.8 Å². The molecule has 2 N–H and O–H groups in total. The van der Waals surface area contributed by atoms with E-state index >= 15 is 0 Å².